The minimum atomic E-state index is -4.50. The molecule has 0 radical (unpaired) electrons. The number of alkyl halides is 3. The Balaban J connectivity index is 1.42. The number of nitrogens with zero attached hydrogens (tertiary/aromatic N) is 3. The summed E-state index contributed by atoms with van der Waals surface area (Å²) in [5, 5.41) is 11.2. The summed E-state index contributed by atoms with van der Waals surface area (Å²) < 4.78 is 51.4. The second-order valence-electron chi connectivity index (χ2n) is 8.24. The van der Waals surface area contributed by atoms with Crippen LogP contribution in [0, 0.1) is 0 Å². The van der Waals surface area contributed by atoms with E-state index in [-0.39, 0.29) is 12.4 Å². The molecule has 0 bridgehead atoms. The van der Waals surface area contributed by atoms with Crippen LogP contribution in [0.25, 0.3) is 11.4 Å². The number of hydrogen-bond acceptors (Lipinski definition) is 5. The van der Waals surface area contributed by atoms with Gasteiger partial charge >= 0.3 is 6.18 Å². The maximum Gasteiger partial charge on any atom is 0.433 e. The predicted molar refractivity (Wildman–Crippen MR) is 113 cm³/mol. The van der Waals surface area contributed by atoms with Crippen LogP contribution in [0.1, 0.15) is 24.1 Å². The maximum absolute atomic E-state index is 13.1. The molecule has 6 nitrogen and oxygen atoms in total. The van der Waals surface area contributed by atoms with Crippen molar-refractivity contribution in [3.8, 4) is 22.9 Å². The highest BCUT2D eigenvalue weighted by molar-refractivity contribution is 5.59. The van der Waals surface area contributed by atoms with Crippen LogP contribution in [0.2, 0.25) is 0 Å². The van der Waals surface area contributed by atoms with Crippen molar-refractivity contribution in [2.24, 2.45) is 0 Å². The molecule has 0 atom stereocenters. The molecule has 3 aliphatic heterocycles. The number of rotatable bonds is 6. The standard InChI is InChI=1S/C23H26F3N3O3/c1-31-18-6-5-16(12-19(18)32-2)14-28-10-7-22(30,8-11-28)15-29-9-3-4-17-13-20(23(24,25)26)27-21(17)29/h3-6,9,12-13,30H,7-8,10-11,14-15H2,1-2H3. The molecule has 0 spiro atoms. The summed E-state index contributed by atoms with van der Waals surface area (Å²) in [4.78, 5) is 6.02. The SMILES string of the molecule is COc1ccc(CN2CCC(O)(Cn3cccc4cc(C(F)(F)F)nc3-4)CC2)cc1OC. The van der Waals surface area contributed by atoms with Crippen molar-refractivity contribution in [3.63, 3.8) is 0 Å². The van der Waals surface area contributed by atoms with E-state index in [1.54, 1.807) is 37.1 Å². The summed E-state index contributed by atoms with van der Waals surface area (Å²) in [5.74, 6) is 1.58. The van der Waals surface area contributed by atoms with Gasteiger partial charge in [-0.15, -0.1) is 0 Å². The fraction of sp³-hybridized carbons (Fsp3) is 0.435. The number of fused-ring (bicyclic) bond motifs is 1. The average Bonchev–Trinajstić information content (AvgIpc) is 3.21. The Hall–Kier alpha value is -2.78. The van der Waals surface area contributed by atoms with E-state index in [0.717, 1.165) is 11.6 Å². The molecule has 1 aromatic rings. The summed E-state index contributed by atoms with van der Waals surface area (Å²) in [6.07, 6.45) is -1.81. The number of methoxy groups -OCH3 is 2. The summed E-state index contributed by atoms with van der Waals surface area (Å²) in [7, 11) is 3.19. The molecular weight excluding hydrogens is 423 g/mol. The third-order valence-electron chi connectivity index (χ3n) is 5.99. The molecule has 3 aliphatic rings. The minimum Gasteiger partial charge on any atom is -0.493 e. The number of piperidine rings is 1. The van der Waals surface area contributed by atoms with Gasteiger partial charge in [0, 0.05) is 31.4 Å². The van der Waals surface area contributed by atoms with Crippen LogP contribution in [0.4, 0.5) is 13.2 Å². The van der Waals surface area contributed by atoms with E-state index in [4.69, 9.17) is 9.47 Å². The van der Waals surface area contributed by atoms with Crippen molar-refractivity contribution in [3.05, 3.63) is 53.9 Å². The van der Waals surface area contributed by atoms with Gasteiger partial charge < -0.3 is 19.1 Å². The fourth-order valence-corrected chi connectivity index (χ4v) is 4.21. The van der Waals surface area contributed by atoms with Crippen LogP contribution >= 0.6 is 0 Å². The van der Waals surface area contributed by atoms with E-state index < -0.39 is 17.5 Å². The van der Waals surface area contributed by atoms with E-state index >= 15 is 0 Å². The minimum absolute atomic E-state index is 0.197. The van der Waals surface area contributed by atoms with Crippen LogP contribution in [-0.4, -0.2) is 52.5 Å². The fourth-order valence-electron chi connectivity index (χ4n) is 4.21. The van der Waals surface area contributed by atoms with Gasteiger partial charge in [-0.25, -0.2) is 4.98 Å². The maximum atomic E-state index is 13.1. The third kappa shape index (κ3) is 4.68. The molecule has 0 aromatic heterocycles. The lowest BCUT2D eigenvalue weighted by Crippen LogP contribution is -2.46. The smallest absolute Gasteiger partial charge is 0.433 e. The highest BCUT2D eigenvalue weighted by Crippen LogP contribution is 2.35. The summed E-state index contributed by atoms with van der Waals surface area (Å²) >= 11 is 0. The van der Waals surface area contributed by atoms with E-state index in [9.17, 15) is 18.3 Å². The summed E-state index contributed by atoms with van der Waals surface area (Å²) in [6.45, 7) is 2.24. The van der Waals surface area contributed by atoms with Gasteiger partial charge in [0.1, 0.15) is 11.5 Å². The molecule has 0 saturated carbocycles. The number of aromatic nitrogens is 2. The van der Waals surface area contributed by atoms with E-state index in [1.165, 1.54) is 0 Å². The van der Waals surface area contributed by atoms with Crippen molar-refractivity contribution < 1.29 is 27.8 Å². The van der Waals surface area contributed by atoms with Gasteiger partial charge in [-0.2, -0.15) is 13.2 Å². The van der Waals surface area contributed by atoms with E-state index in [1.807, 2.05) is 18.2 Å². The third-order valence-corrected chi connectivity index (χ3v) is 5.99. The molecular formula is C23H26F3N3O3. The average molecular weight is 449 g/mol. The van der Waals surface area contributed by atoms with Gasteiger partial charge in [-0.1, -0.05) is 6.07 Å². The number of benzene rings is 1. The molecule has 3 heterocycles. The first-order valence-electron chi connectivity index (χ1n) is 10.4. The number of likely N-dealkylation sites (tertiary alicyclic amines) is 1. The number of pyridine rings is 1. The van der Waals surface area contributed by atoms with Crippen molar-refractivity contribution >= 4 is 0 Å². The first kappa shape index (κ1) is 22.4. The summed E-state index contributed by atoms with van der Waals surface area (Å²) in [5.41, 5.74) is -0.434. The van der Waals surface area contributed by atoms with Crippen LogP contribution < -0.4 is 9.47 Å². The number of halogens is 3. The molecule has 1 aromatic carbocycles. The van der Waals surface area contributed by atoms with Gasteiger partial charge in [0.05, 0.1) is 26.4 Å². The molecule has 9 heteroatoms. The lowest BCUT2D eigenvalue weighted by molar-refractivity contribution is -0.140. The zero-order valence-electron chi connectivity index (χ0n) is 18.0. The lowest BCUT2D eigenvalue weighted by Gasteiger charge is -2.39. The quantitative estimate of drug-likeness (QED) is 0.615. The monoisotopic (exact) mass is 449 g/mol. The lowest BCUT2D eigenvalue weighted by atomic mass is 9.90. The second kappa shape index (κ2) is 8.63. The number of aliphatic hydroxyl groups is 1. The Morgan fingerprint density at radius 2 is 1.78 bits per heavy atom. The Bertz CT molecular complexity index is 1040. The van der Waals surface area contributed by atoms with Crippen molar-refractivity contribution in [1.29, 1.82) is 0 Å². The second-order valence-corrected chi connectivity index (χ2v) is 8.24. The van der Waals surface area contributed by atoms with Gasteiger partial charge in [0.25, 0.3) is 0 Å². The molecule has 0 unspecified atom stereocenters. The molecule has 1 fully saturated rings. The molecule has 4 rings (SSSR count). The molecule has 172 valence electrons. The Morgan fingerprint density at radius 3 is 2.44 bits per heavy atom. The van der Waals surface area contributed by atoms with Gasteiger partial charge in [0.2, 0.25) is 0 Å². The topological polar surface area (TPSA) is 59.8 Å². The molecule has 32 heavy (non-hydrogen) atoms. The molecule has 1 N–H and O–H groups in total. The Kier molecular flexibility index (Phi) is 6.05. The molecule has 0 amide bonds. The number of ether oxygens (including phenoxy) is 2. The van der Waals surface area contributed by atoms with Crippen molar-refractivity contribution in [1.82, 2.24) is 14.5 Å². The highest BCUT2D eigenvalue weighted by Gasteiger charge is 2.37. The molecule has 1 saturated heterocycles. The first-order valence-corrected chi connectivity index (χ1v) is 10.4. The zero-order valence-corrected chi connectivity index (χ0v) is 18.0. The summed E-state index contributed by atoms with van der Waals surface area (Å²) in [6, 6.07) is 10.1. The van der Waals surface area contributed by atoms with E-state index in [2.05, 4.69) is 9.88 Å². The predicted octanol–water partition coefficient (Wildman–Crippen LogP) is 4.05. The van der Waals surface area contributed by atoms with Crippen molar-refractivity contribution in [2.75, 3.05) is 27.3 Å². The Morgan fingerprint density at radius 1 is 1.06 bits per heavy atom. The van der Waals surface area contributed by atoms with Crippen LogP contribution in [0.3, 0.4) is 0 Å². The number of hydrogen-bond donors (Lipinski definition) is 1. The largest absolute Gasteiger partial charge is 0.493 e. The van der Waals surface area contributed by atoms with Crippen LogP contribution in [0.5, 0.6) is 11.5 Å². The van der Waals surface area contributed by atoms with Crippen molar-refractivity contribution in [2.45, 2.75) is 37.7 Å². The first-order chi connectivity index (χ1) is 15.2. The van der Waals surface area contributed by atoms with Crippen LogP contribution in [-0.2, 0) is 19.3 Å². The highest BCUT2D eigenvalue weighted by atomic mass is 19.4. The van der Waals surface area contributed by atoms with Gasteiger partial charge in [-0.3, -0.25) is 4.90 Å². The zero-order chi connectivity index (χ0) is 22.9. The van der Waals surface area contributed by atoms with E-state index in [0.29, 0.717) is 49.5 Å². The molecule has 0 aliphatic carbocycles. The Labute approximate surface area is 184 Å². The van der Waals surface area contributed by atoms with Gasteiger partial charge in [-0.05, 0) is 48.7 Å². The van der Waals surface area contributed by atoms with Crippen LogP contribution in [0.15, 0.2) is 42.6 Å². The van der Waals surface area contributed by atoms with Gasteiger partial charge in [0.15, 0.2) is 11.5 Å². The normalized spacial score (nSPS) is 16.9.